The second-order valence-corrected chi connectivity index (χ2v) is 5.14. The van der Waals surface area contributed by atoms with E-state index in [2.05, 4.69) is 0 Å². The molecule has 0 fully saturated rings. The zero-order chi connectivity index (χ0) is 15.8. The molecule has 5 nitrogen and oxygen atoms in total. The van der Waals surface area contributed by atoms with Crippen LogP contribution in [0.1, 0.15) is 6.92 Å². The largest absolute Gasteiger partial charge is 0.494 e. The molecule has 0 atom stereocenters. The lowest BCUT2D eigenvalue weighted by Crippen LogP contribution is -2.05. The molecule has 0 radical (unpaired) electrons. The highest BCUT2D eigenvalue weighted by atomic mass is 16.7. The first kappa shape index (κ1) is 13.7. The van der Waals surface area contributed by atoms with Crippen molar-refractivity contribution in [1.82, 2.24) is 0 Å². The third-order valence-corrected chi connectivity index (χ3v) is 3.74. The fourth-order valence-electron chi connectivity index (χ4n) is 2.63. The molecule has 0 bridgehead atoms. The minimum Gasteiger partial charge on any atom is -0.494 e. The summed E-state index contributed by atoms with van der Waals surface area (Å²) in [4.78, 5) is 12.7. The molecule has 2 heterocycles. The molecule has 0 N–H and O–H groups in total. The second kappa shape index (κ2) is 5.35. The Morgan fingerprint density at radius 2 is 1.96 bits per heavy atom. The van der Waals surface area contributed by atoms with Crippen LogP contribution >= 0.6 is 0 Å². The smallest absolute Gasteiger partial charge is 0.231 e. The van der Waals surface area contributed by atoms with Crippen LogP contribution in [-0.2, 0) is 0 Å². The zero-order valence-corrected chi connectivity index (χ0v) is 12.5. The van der Waals surface area contributed by atoms with Crippen LogP contribution in [0.5, 0.6) is 17.2 Å². The first-order valence-corrected chi connectivity index (χ1v) is 7.34. The van der Waals surface area contributed by atoms with Gasteiger partial charge in [-0.15, -0.1) is 0 Å². The summed E-state index contributed by atoms with van der Waals surface area (Å²) in [7, 11) is 0. The van der Waals surface area contributed by atoms with E-state index < -0.39 is 0 Å². The summed E-state index contributed by atoms with van der Waals surface area (Å²) >= 11 is 0. The van der Waals surface area contributed by atoms with Gasteiger partial charge >= 0.3 is 0 Å². The van der Waals surface area contributed by atoms with E-state index in [-0.39, 0.29) is 12.2 Å². The van der Waals surface area contributed by atoms with Crippen molar-refractivity contribution < 1.29 is 18.6 Å². The molecule has 0 saturated heterocycles. The summed E-state index contributed by atoms with van der Waals surface area (Å²) in [5.74, 6) is 1.99. The van der Waals surface area contributed by atoms with E-state index in [1.54, 1.807) is 30.3 Å². The number of hydrogen-bond donors (Lipinski definition) is 0. The Balaban J connectivity index is 1.83. The van der Waals surface area contributed by atoms with Gasteiger partial charge in [0.1, 0.15) is 17.6 Å². The molecule has 116 valence electrons. The van der Waals surface area contributed by atoms with Gasteiger partial charge in [0.25, 0.3) is 0 Å². The molecule has 1 aliphatic heterocycles. The molecule has 5 heteroatoms. The lowest BCUT2D eigenvalue weighted by Gasteiger charge is -2.06. The highest BCUT2D eigenvalue weighted by molar-refractivity contribution is 5.83. The van der Waals surface area contributed by atoms with E-state index >= 15 is 0 Å². The van der Waals surface area contributed by atoms with Crippen LogP contribution in [0.2, 0.25) is 0 Å². The predicted octanol–water partition coefficient (Wildman–Crippen LogP) is 3.59. The number of fused-ring (bicyclic) bond motifs is 2. The van der Waals surface area contributed by atoms with Crippen molar-refractivity contribution in [2.24, 2.45) is 0 Å². The first-order valence-electron chi connectivity index (χ1n) is 7.34. The second-order valence-electron chi connectivity index (χ2n) is 5.14. The van der Waals surface area contributed by atoms with E-state index in [1.165, 1.54) is 6.26 Å². The Bertz CT molecular complexity index is 942. The van der Waals surface area contributed by atoms with Gasteiger partial charge in [0.05, 0.1) is 17.6 Å². The lowest BCUT2D eigenvalue weighted by molar-refractivity contribution is 0.174. The molecule has 0 aliphatic carbocycles. The Labute approximate surface area is 132 Å². The monoisotopic (exact) mass is 310 g/mol. The van der Waals surface area contributed by atoms with E-state index in [0.717, 1.165) is 5.56 Å². The van der Waals surface area contributed by atoms with Crippen molar-refractivity contribution in [2.45, 2.75) is 6.92 Å². The predicted molar refractivity (Wildman–Crippen MR) is 85.2 cm³/mol. The minimum atomic E-state index is -0.0897. The van der Waals surface area contributed by atoms with Crippen LogP contribution in [0.15, 0.2) is 51.9 Å². The SMILES string of the molecule is CCOc1ccc2c(=O)c(-c3ccc4c(c3)OCO4)coc2c1. The normalized spacial score (nSPS) is 12.6. The summed E-state index contributed by atoms with van der Waals surface area (Å²) in [6.07, 6.45) is 1.47. The van der Waals surface area contributed by atoms with Crippen molar-refractivity contribution in [3.63, 3.8) is 0 Å². The molecule has 4 rings (SSSR count). The first-order chi connectivity index (χ1) is 11.3. The highest BCUT2D eigenvalue weighted by Crippen LogP contribution is 2.35. The molecule has 1 aromatic heterocycles. The van der Waals surface area contributed by atoms with Crippen molar-refractivity contribution in [3.05, 3.63) is 52.9 Å². The van der Waals surface area contributed by atoms with Gasteiger partial charge in [-0.05, 0) is 36.8 Å². The third-order valence-electron chi connectivity index (χ3n) is 3.74. The van der Waals surface area contributed by atoms with E-state index in [0.29, 0.717) is 40.4 Å². The van der Waals surface area contributed by atoms with Crippen LogP contribution in [0.3, 0.4) is 0 Å². The number of benzene rings is 2. The zero-order valence-electron chi connectivity index (χ0n) is 12.5. The molecule has 0 spiro atoms. The Morgan fingerprint density at radius 1 is 1.09 bits per heavy atom. The molecule has 0 unspecified atom stereocenters. The van der Waals surface area contributed by atoms with Crippen molar-refractivity contribution >= 4 is 11.0 Å². The Morgan fingerprint density at radius 3 is 2.83 bits per heavy atom. The summed E-state index contributed by atoms with van der Waals surface area (Å²) in [5, 5.41) is 0.517. The Hall–Kier alpha value is -2.95. The van der Waals surface area contributed by atoms with Crippen LogP contribution in [0.4, 0.5) is 0 Å². The summed E-state index contributed by atoms with van der Waals surface area (Å²) in [6, 6.07) is 10.6. The lowest BCUT2D eigenvalue weighted by atomic mass is 10.0. The average molecular weight is 310 g/mol. The maximum absolute atomic E-state index is 12.7. The average Bonchev–Trinajstić information content (AvgIpc) is 3.03. The molecule has 1 aliphatic rings. The van der Waals surface area contributed by atoms with Gasteiger partial charge in [-0.1, -0.05) is 6.07 Å². The van der Waals surface area contributed by atoms with Gasteiger partial charge in [0.15, 0.2) is 16.9 Å². The maximum Gasteiger partial charge on any atom is 0.231 e. The van der Waals surface area contributed by atoms with E-state index in [4.69, 9.17) is 18.6 Å². The third kappa shape index (κ3) is 2.30. The highest BCUT2D eigenvalue weighted by Gasteiger charge is 2.16. The number of rotatable bonds is 3. The van der Waals surface area contributed by atoms with Crippen LogP contribution in [-0.4, -0.2) is 13.4 Å². The Kier molecular flexibility index (Phi) is 3.19. The molecule has 3 aromatic rings. The van der Waals surface area contributed by atoms with Crippen molar-refractivity contribution in [2.75, 3.05) is 13.4 Å². The fraction of sp³-hybridized carbons (Fsp3) is 0.167. The minimum absolute atomic E-state index is 0.0897. The standard InChI is InChI=1S/C18H14O5/c1-2-20-12-4-5-13-16(8-12)21-9-14(18(13)19)11-3-6-15-17(7-11)23-10-22-15/h3-9H,2,10H2,1H3. The number of hydrogen-bond acceptors (Lipinski definition) is 5. The molecular weight excluding hydrogens is 296 g/mol. The van der Waals surface area contributed by atoms with Gasteiger partial charge in [-0.2, -0.15) is 0 Å². The summed E-state index contributed by atoms with van der Waals surface area (Å²) in [6.45, 7) is 2.67. The van der Waals surface area contributed by atoms with E-state index in [1.807, 2.05) is 13.0 Å². The molecule has 2 aromatic carbocycles. The topological polar surface area (TPSA) is 57.9 Å². The fourth-order valence-corrected chi connectivity index (χ4v) is 2.63. The van der Waals surface area contributed by atoms with Gasteiger partial charge in [-0.3, -0.25) is 4.79 Å². The quantitative estimate of drug-likeness (QED) is 0.740. The molecule has 0 saturated carbocycles. The van der Waals surface area contributed by atoms with Gasteiger partial charge in [0, 0.05) is 6.07 Å². The molecule has 23 heavy (non-hydrogen) atoms. The van der Waals surface area contributed by atoms with Gasteiger partial charge in [-0.25, -0.2) is 0 Å². The molecule has 0 amide bonds. The summed E-state index contributed by atoms with van der Waals surface area (Å²) < 4.78 is 21.7. The van der Waals surface area contributed by atoms with Crippen molar-refractivity contribution in [3.8, 4) is 28.4 Å². The van der Waals surface area contributed by atoms with Crippen LogP contribution in [0.25, 0.3) is 22.1 Å². The summed E-state index contributed by atoms with van der Waals surface area (Å²) in [5.41, 5.74) is 1.64. The van der Waals surface area contributed by atoms with Crippen LogP contribution < -0.4 is 19.6 Å². The molecular formula is C18H14O5. The van der Waals surface area contributed by atoms with Gasteiger partial charge < -0.3 is 18.6 Å². The van der Waals surface area contributed by atoms with Crippen LogP contribution in [0, 0.1) is 0 Å². The van der Waals surface area contributed by atoms with Crippen molar-refractivity contribution in [1.29, 1.82) is 0 Å². The maximum atomic E-state index is 12.7. The van der Waals surface area contributed by atoms with E-state index in [9.17, 15) is 4.79 Å². The number of ether oxygens (including phenoxy) is 3. The van der Waals surface area contributed by atoms with Gasteiger partial charge in [0.2, 0.25) is 6.79 Å².